The standard InChI is InChI=1S/C20H22BrNO3/c1-3-15(16-9-5-4-6-10-16)13-22-19(23)14(2)25-20(24)17-11-7-8-12-18(17)21/h4-12,14-15H,3,13H2,1-2H3,(H,22,23)/t14-,15-/m1/s1. The molecular weight excluding hydrogens is 382 g/mol. The van der Waals surface area contributed by atoms with Gasteiger partial charge >= 0.3 is 5.97 Å². The number of rotatable bonds is 7. The second-order valence-corrected chi connectivity index (χ2v) is 6.64. The van der Waals surface area contributed by atoms with Crippen LogP contribution in [-0.4, -0.2) is 24.5 Å². The monoisotopic (exact) mass is 403 g/mol. The fourth-order valence-electron chi connectivity index (χ4n) is 2.49. The molecule has 0 aliphatic carbocycles. The minimum absolute atomic E-state index is 0.233. The number of hydrogen-bond acceptors (Lipinski definition) is 3. The van der Waals surface area contributed by atoms with E-state index in [4.69, 9.17) is 4.74 Å². The Kier molecular flexibility index (Phi) is 7.19. The Morgan fingerprint density at radius 2 is 1.72 bits per heavy atom. The van der Waals surface area contributed by atoms with Crippen LogP contribution in [0.15, 0.2) is 59.1 Å². The number of halogens is 1. The number of nitrogens with one attached hydrogen (secondary N) is 1. The first-order chi connectivity index (χ1) is 12.0. The van der Waals surface area contributed by atoms with Crippen molar-refractivity contribution in [2.24, 2.45) is 0 Å². The highest BCUT2D eigenvalue weighted by molar-refractivity contribution is 9.10. The van der Waals surface area contributed by atoms with E-state index >= 15 is 0 Å². The number of ether oxygens (including phenoxy) is 1. The highest BCUT2D eigenvalue weighted by Gasteiger charge is 2.21. The molecule has 132 valence electrons. The first-order valence-electron chi connectivity index (χ1n) is 8.31. The van der Waals surface area contributed by atoms with Gasteiger partial charge in [0.05, 0.1) is 5.56 Å². The van der Waals surface area contributed by atoms with Crippen molar-refractivity contribution in [2.45, 2.75) is 32.3 Å². The molecule has 0 aliphatic rings. The van der Waals surface area contributed by atoms with Crippen molar-refractivity contribution in [1.29, 1.82) is 0 Å². The molecule has 5 heteroatoms. The van der Waals surface area contributed by atoms with Crippen LogP contribution in [0.25, 0.3) is 0 Å². The van der Waals surface area contributed by atoms with Gasteiger partial charge in [-0.05, 0) is 47.0 Å². The number of carbonyl (C=O) groups excluding carboxylic acids is 2. The Balaban J connectivity index is 1.90. The van der Waals surface area contributed by atoms with Gasteiger partial charge in [0.25, 0.3) is 5.91 Å². The normalized spacial score (nSPS) is 12.9. The van der Waals surface area contributed by atoms with Crippen molar-refractivity contribution in [3.63, 3.8) is 0 Å². The Labute approximate surface area is 156 Å². The first-order valence-corrected chi connectivity index (χ1v) is 9.10. The summed E-state index contributed by atoms with van der Waals surface area (Å²) >= 11 is 3.31. The van der Waals surface area contributed by atoms with E-state index in [1.54, 1.807) is 25.1 Å². The summed E-state index contributed by atoms with van der Waals surface area (Å²) in [5.74, 6) is -0.587. The zero-order valence-electron chi connectivity index (χ0n) is 14.4. The summed E-state index contributed by atoms with van der Waals surface area (Å²) in [6.07, 6.45) is 0.0583. The molecule has 25 heavy (non-hydrogen) atoms. The summed E-state index contributed by atoms with van der Waals surface area (Å²) in [6, 6.07) is 17.0. The highest BCUT2D eigenvalue weighted by atomic mass is 79.9. The number of hydrogen-bond donors (Lipinski definition) is 1. The molecule has 0 radical (unpaired) electrons. The van der Waals surface area contributed by atoms with Crippen molar-refractivity contribution < 1.29 is 14.3 Å². The quantitative estimate of drug-likeness (QED) is 0.700. The van der Waals surface area contributed by atoms with Crippen molar-refractivity contribution in [2.75, 3.05) is 6.54 Å². The van der Waals surface area contributed by atoms with Gasteiger partial charge in [-0.2, -0.15) is 0 Å². The number of esters is 1. The minimum Gasteiger partial charge on any atom is -0.449 e. The van der Waals surface area contributed by atoms with Crippen molar-refractivity contribution >= 4 is 27.8 Å². The lowest BCUT2D eigenvalue weighted by Gasteiger charge is -2.18. The Bertz CT molecular complexity index is 718. The van der Waals surface area contributed by atoms with Crippen LogP contribution in [0.3, 0.4) is 0 Å². The van der Waals surface area contributed by atoms with Crippen LogP contribution in [0.2, 0.25) is 0 Å². The smallest absolute Gasteiger partial charge is 0.340 e. The van der Waals surface area contributed by atoms with Gasteiger partial charge in [-0.3, -0.25) is 4.79 Å². The van der Waals surface area contributed by atoms with E-state index in [2.05, 4.69) is 40.3 Å². The molecule has 2 aromatic carbocycles. The third kappa shape index (κ3) is 5.43. The van der Waals surface area contributed by atoms with Gasteiger partial charge in [0.2, 0.25) is 0 Å². The van der Waals surface area contributed by atoms with Crippen molar-refractivity contribution in [1.82, 2.24) is 5.32 Å². The summed E-state index contributed by atoms with van der Waals surface area (Å²) in [5.41, 5.74) is 1.58. The van der Waals surface area contributed by atoms with Gasteiger partial charge in [-0.1, -0.05) is 49.4 Å². The molecule has 0 bridgehead atoms. The number of amides is 1. The summed E-state index contributed by atoms with van der Waals surface area (Å²) in [4.78, 5) is 24.4. The zero-order chi connectivity index (χ0) is 18.2. The maximum Gasteiger partial charge on any atom is 0.340 e. The topological polar surface area (TPSA) is 55.4 Å². The van der Waals surface area contributed by atoms with Crippen molar-refractivity contribution in [3.05, 3.63) is 70.2 Å². The maximum absolute atomic E-state index is 12.2. The molecule has 0 saturated carbocycles. The predicted molar refractivity (Wildman–Crippen MR) is 102 cm³/mol. The summed E-state index contributed by atoms with van der Waals surface area (Å²) in [5, 5.41) is 2.88. The zero-order valence-corrected chi connectivity index (χ0v) is 16.0. The summed E-state index contributed by atoms with van der Waals surface area (Å²) < 4.78 is 5.91. The van der Waals surface area contributed by atoms with E-state index in [1.165, 1.54) is 5.56 Å². The Morgan fingerprint density at radius 1 is 1.08 bits per heavy atom. The van der Waals surface area contributed by atoms with Crippen LogP contribution in [-0.2, 0) is 9.53 Å². The molecule has 0 aromatic heterocycles. The maximum atomic E-state index is 12.2. The van der Waals surface area contributed by atoms with E-state index in [9.17, 15) is 9.59 Å². The lowest BCUT2D eigenvalue weighted by Crippen LogP contribution is -2.38. The molecule has 1 amide bonds. The molecule has 0 heterocycles. The first kappa shape index (κ1) is 19.2. The molecule has 4 nitrogen and oxygen atoms in total. The fraction of sp³-hybridized carbons (Fsp3) is 0.300. The molecule has 1 N–H and O–H groups in total. The van der Waals surface area contributed by atoms with Gasteiger partial charge in [0.15, 0.2) is 6.10 Å². The van der Waals surface area contributed by atoms with Gasteiger partial charge < -0.3 is 10.1 Å². The van der Waals surface area contributed by atoms with Crippen LogP contribution >= 0.6 is 15.9 Å². The van der Waals surface area contributed by atoms with E-state index in [1.807, 2.05) is 24.3 Å². The average molecular weight is 404 g/mol. The highest BCUT2D eigenvalue weighted by Crippen LogP contribution is 2.19. The van der Waals surface area contributed by atoms with Crippen LogP contribution in [0.1, 0.15) is 42.1 Å². The minimum atomic E-state index is -0.854. The fourth-order valence-corrected chi connectivity index (χ4v) is 2.94. The van der Waals surface area contributed by atoms with Gasteiger partial charge in [-0.25, -0.2) is 4.79 Å². The van der Waals surface area contributed by atoms with Crippen LogP contribution in [0, 0.1) is 0 Å². The Hall–Kier alpha value is -2.14. The van der Waals surface area contributed by atoms with Crippen LogP contribution in [0.4, 0.5) is 0 Å². The molecule has 0 unspecified atom stereocenters. The summed E-state index contributed by atoms with van der Waals surface area (Å²) in [6.45, 7) is 4.17. The lowest BCUT2D eigenvalue weighted by molar-refractivity contribution is -0.129. The third-order valence-electron chi connectivity index (χ3n) is 4.03. The van der Waals surface area contributed by atoms with Crippen LogP contribution in [0.5, 0.6) is 0 Å². The van der Waals surface area contributed by atoms with Gasteiger partial charge in [0.1, 0.15) is 0 Å². The SMILES string of the molecule is CC[C@H](CNC(=O)[C@@H](C)OC(=O)c1ccccc1Br)c1ccccc1. The molecule has 0 aliphatic heterocycles. The molecule has 2 aromatic rings. The lowest BCUT2D eigenvalue weighted by atomic mass is 9.96. The van der Waals surface area contributed by atoms with Crippen LogP contribution < -0.4 is 5.32 Å². The van der Waals surface area contributed by atoms with E-state index < -0.39 is 12.1 Å². The van der Waals surface area contributed by atoms with Gasteiger partial charge in [0, 0.05) is 16.9 Å². The van der Waals surface area contributed by atoms with E-state index in [0.717, 1.165) is 6.42 Å². The molecule has 0 spiro atoms. The molecular formula is C20H22BrNO3. The molecule has 0 fully saturated rings. The van der Waals surface area contributed by atoms with E-state index in [-0.39, 0.29) is 11.8 Å². The van der Waals surface area contributed by atoms with Crippen molar-refractivity contribution in [3.8, 4) is 0 Å². The molecule has 2 atom stereocenters. The predicted octanol–water partition coefficient (Wildman–Crippen LogP) is 4.30. The average Bonchev–Trinajstić information content (AvgIpc) is 2.63. The molecule has 2 rings (SSSR count). The van der Waals surface area contributed by atoms with E-state index in [0.29, 0.717) is 16.6 Å². The Morgan fingerprint density at radius 3 is 2.36 bits per heavy atom. The third-order valence-corrected chi connectivity index (χ3v) is 4.72. The van der Waals surface area contributed by atoms with Gasteiger partial charge in [-0.15, -0.1) is 0 Å². The second-order valence-electron chi connectivity index (χ2n) is 5.79. The summed E-state index contributed by atoms with van der Waals surface area (Å²) in [7, 11) is 0. The second kappa shape index (κ2) is 9.37. The molecule has 0 saturated heterocycles. The number of benzene rings is 2. The number of carbonyl (C=O) groups is 2. The largest absolute Gasteiger partial charge is 0.449 e.